The van der Waals surface area contributed by atoms with E-state index in [1.54, 1.807) is 12.1 Å². The van der Waals surface area contributed by atoms with Gasteiger partial charge in [0.2, 0.25) is 0 Å². The summed E-state index contributed by atoms with van der Waals surface area (Å²) in [5.74, 6) is 0. The van der Waals surface area contributed by atoms with E-state index in [0.717, 1.165) is 22.1 Å². The van der Waals surface area contributed by atoms with Crippen LogP contribution in [-0.2, 0) is 9.84 Å². The molecule has 7 heteroatoms. The molecule has 0 amide bonds. The Morgan fingerprint density at radius 2 is 1.71 bits per heavy atom. The van der Waals surface area contributed by atoms with Gasteiger partial charge in [0.1, 0.15) is 0 Å². The number of nitrogens with one attached hydrogen (secondary N) is 2. The van der Waals surface area contributed by atoms with Crippen LogP contribution in [0.3, 0.4) is 0 Å². The maximum absolute atomic E-state index is 11.5. The van der Waals surface area contributed by atoms with Crippen molar-refractivity contribution in [2.24, 2.45) is 0 Å². The first-order valence-corrected chi connectivity index (χ1v) is 10.5. The normalized spacial score (nSPS) is 12.5. The van der Waals surface area contributed by atoms with Crippen molar-refractivity contribution in [3.8, 4) is 0 Å². The molecule has 1 atom stereocenters. The average Bonchev–Trinajstić information content (AvgIpc) is 2.54. The van der Waals surface area contributed by atoms with Crippen LogP contribution in [0.2, 0.25) is 0 Å². The number of anilines is 1. The molecule has 0 aliphatic rings. The molecule has 0 unspecified atom stereocenters. The van der Waals surface area contributed by atoms with Gasteiger partial charge in [-0.05, 0) is 60.6 Å². The largest absolute Gasteiger partial charge is 0.356 e. The molecule has 0 aliphatic carbocycles. The lowest BCUT2D eigenvalue weighted by Gasteiger charge is -2.20. The summed E-state index contributed by atoms with van der Waals surface area (Å²) < 4.78 is 24.1. The van der Waals surface area contributed by atoms with Gasteiger partial charge in [-0.25, -0.2) is 8.42 Å². The molecular formula is C17H19BrN2O2S2. The van der Waals surface area contributed by atoms with Crippen molar-refractivity contribution in [3.05, 3.63) is 58.6 Å². The Balaban J connectivity index is 2.05. The molecule has 0 aliphatic heterocycles. The highest BCUT2D eigenvalue weighted by Gasteiger charge is 2.13. The van der Waals surface area contributed by atoms with Gasteiger partial charge >= 0.3 is 0 Å². The molecule has 24 heavy (non-hydrogen) atoms. The van der Waals surface area contributed by atoms with Gasteiger partial charge in [0.25, 0.3) is 0 Å². The molecule has 2 N–H and O–H groups in total. The van der Waals surface area contributed by atoms with Gasteiger partial charge in [-0.2, -0.15) is 0 Å². The maximum Gasteiger partial charge on any atom is 0.175 e. The van der Waals surface area contributed by atoms with Crippen LogP contribution >= 0.6 is 28.1 Å². The van der Waals surface area contributed by atoms with Crippen LogP contribution in [0.4, 0.5) is 5.69 Å². The highest BCUT2D eigenvalue weighted by Crippen LogP contribution is 2.20. The minimum atomic E-state index is -3.18. The Kier molecular flexibility index (Phi) is 6.37. The lowest BCUT2D eigenvalue weighted by atomic mass is 10.1. The van der Waals surface area contributed by atoms with Crippen molar-refractivity contribution in [1.82, 2.24) is 5.32 Å². The zero-order valence-corrected chi connectivity index (χ0v) is 16.6. The Morgan fingerprint density at radius 3 is 2.21 bits per heavy atom. The molecule has 0 fully saturated rings. The smallest absolute Gasteiger partial charge is 0.175 e. The fourth-order valence-electron chi connectivity index (χ4n) is 2.23. The Morgan fingerprint density at radius 1 is 1.12 bits per heavy atom. The molecule has 0 saturated carbocycles. The third-order valence-corrected chi connectivity index (χ3v) is 5.40. The maximum atomic E-state index is 11.5. The molecule has 0 spiro atoms. The van der Waals surface area contributed by atoms with Gasteiger partial charge in [-0.3, -0.25) is 0 Å². The minimum absolute atomic E-state index is 0.00839. The number of halogens is 1. The molecule has 128 valence electrons. The molecule has 0 aromatic heterocycles. The minimum Gasteiger partial charge on any atom is -0.356 e. The van der Waals surface area contributed by atoms with Crippen LogP contribution in [0.25, 0.3) is 0 Å². The first-order valence-electron chi connectivity index (χ1n) is 7.42. The third kappa shape index (κ3) is 5.29. The monoisotopic (exact) mass is 426 g/mol. The second-order valence-electron chi connectivity index (χ2n) is 5.41. The summed E-state index contributed by atoms with van der Waals surface area (Å²) in [6.07, 6.45) is 2.02. The SMILES string of the molecule is CC[C@H](NC(=S)Nc1ccc(Br)cc1)c1ccc(S(C)(=O)=O)cc1. The second kappa shape index (κ2) is 8.09. The summed E-state index contributed by atoms with van der Waals surface area (Å²) in [6, 6.07) is 14.6. The summed E-state index contributed by atoms with van der Waals surface area (Å²) in [5, 5.41) is 6.93. The van der Waals surface area contributed by atoms with E-state index >= 15 is 0 Å². The first-order chi connectivity index (χ1) is 11.3. The molecule has 2 aromatic carbocycles. The quantitative estimate of drug-likeness (QED) is 0.698. The summed E-state index contributed by atoms with van der Waals surface area (Å²) >= 11 is 8.76. The van der Waals surface area contributed by atoms with Crippen LogP contribution in [0.15, 0.2) is 57.9 Å². The molecule has 2 aromatic rings. The third-order valence-electron chi connectivity index (χ3n) is 3.53. The highest BCUT2D eigenvalue weighted by molar-refractivity contribution is 9.10. The van der Waals surface area contributed by atoms with Crippen molar-refractivity contribution < 1.29 is 8.42 Å². The van der Waals surface area contributed by atoms with E-state index in [0.29, 0.717) is 10.0 Å². The van der Waals surface area contributed by atoms with Crippen LogP contribution < -0.4 is 10.6 Å². The van der Waals surface area contributed by atoms with Gasteiger partial charge in [0.05, 0.1) is 10.9 Å². The highest BCUT2D eigenvalue weighted by atomic mass is 79.9. The second-order valence-corrected chi connectivity index (χ2v) is 8.75. The molecule has 0 radical (unpaired) electrons. The topological polar surface area (TPSA) is 58.2 Å². The standard InChI is InChI=1S/C17H19BrN2O2S2/c1-3-16(12-4-10-15(11-5-12)24(2,21)22)20-17(23)19-14-8-6-13(18)7-9-14/h4-11,16H,3H2,1-2H3,(H2,19,20,23)/t16-/m0/s1. The number of thiocarbonyl (C=S) groups is 1. The summed E-state index contributed by atoms with van der Waals surface area (Å²) in [7, 11) is -3.18. The van der Waals surface area contributed by atoms with Crippen molar-refractivity contribution >= 4 is 48.8 Å². The Labute approximate surface area is 156 Å². The number of benzene rings is 2. The summed E-state index contributed by atoms with van der Waals surface area (Å²) in [4.78, 5) is 0.316. The van der Waals surface area contributed by atoms with E-state index in [1.807, 2.05) is 43.3 Å². The zero-order chi connectivity index (χ0) is 17.7. The molecule has 0 saturated heterocycles. The fraction of sp³-hybridized carbons (Fsp3) is 0.235. The van der Waals surface area contributed by atoms with Crippen LogP contribution in [0, 0.1) is 0 Å². The van der Waals surface area contributed by atoms with Crippen LogP contribution in [0.1, 0.15) is 24.9 Å². The Bertz CT molecular complexity index is 803. The lowest BCUT2D eigenvalue weighted by Crippen LogP contribution is -2.32. The zero-order valence-electron chi connectivity index (χ0n) is 13.4. The predicted octanol–water partition coefficient (Wildman–Crippen LogP) is 4.29. The summed E-state index contributed by atoms with van der Waals surface area (Å²) in [5.41, 5.74) is 1.89. The molecule has 2 rings (SSSR count). The van der Waals surface area contributed by atoms with Gasteiger partial charge in [-0.1, -0.05) is 35.0 Å². The molecular weight excluding hydrogens is 408 g/mol. The average molecular weight is 427 g/mol. The summed E-state index contributed by atoms with van der Waals surface area (Å²) in [6.45, 7) is 2.05. The predicted molar refractivity (Wildman–Crippen MR) is 106 cm³/mol. The van der Waals surface area contributed by atoms with Crippen molar-refractivity contribution in [2.75, 3.05) is 11.6 Å². The van der Waals surface area contributed by atoms with Gasteiger partial charge < -0.3 is 10.6 Å². The van der Waals surface area contributed by atoms with Crippen molar-refractivity contribution in [2.45, 2.75) is 24.3 Å². The number of sulfone groups is 1. The van der Waals surface area contributed by atoms with Crippen molar-refractivity contribution in [1.29, 1.82) is 0 Å². The molecule has 0 heterocycles. The lowest BCUT2D eigenvalue weighted by molar-refractivity contribution is 0.601. The number of rotatable bonds is 5. The molecule has 4 nitrogen and oxygen atoms in total. The Hall–Kier alpha value is -1.44. The van der Waals surface area contributed by atoms with Gasteiger partial charge in [0.15, 0.2) is 14.9 Å². The van der Waals surface area contributed by atoms with E-state index < -0.39 is 9.84 Å². The number of hydrogen-bond acceptors (Lipinski definition) is 3. The van der Waals surface area contributed by atoms with E-state index in [-0.39, 0.29) is 6.04 Å². The van der Waals surface area contributed by atoms with Crippen LogP contribution in [-0.4, -0.2) is 19.8 Å². The number of hydrogen-bond donors (Lipinski definition) is 2. The first kappa shape index (κ1) is 18.9. The van der Waals surface area contributed by atoms with Crippen LogP contribution in [0.5, 0.6) is 0 Å². The fourth-order valence-corrected chi connectivity index (χ4v) is 3.38. The van der Waals surface area contributed by atoms with Crippen molar-refractivity contribution in [3.63, 3.8) is 0 Å². The van der Waals surface area contributed by atoms with E-state index in [9.17, 15) is 8.42 Å². The molecule has 0 bridgehead atoms. The van der Waals surface area contributed by atoms with E-state index in [4.69, 9.17) is 12.2 Å². The van der Waals surface area contributed by atoms with E-state index in [2.05, 4.69) is 26.6 Å². The van der Waals surface area contributed by atoms with Gasteiger partial charge in [0, 0.05) is 16.4 Å². The van der Waals surface area contributed by atoms with Gasteiger partial charge in [-0.15, -0.1) is 0 Å². The van der Waals surface area contributed by atoms with E-state index in [1.165, 1.54) is 6.26 Å².